The molecule has 3 aromatic rings. The molecular weight excluding hydrogens is 411 g/mol. The molecule has 30 heavy (non-hydrogen) atoms. The Labute approximate surface area is 173 Å². The minimum atomic E-state index is -3.37. The predicted molar refractivity (Wildman–Crippen MR) is 110 cm³/mol. The summed E-state index contributed by atoms with van der Waals surface area (Å²) in [5, 5.41) is 11.5. The minimum absolute atomic E-state index is 0.122. The Balaban J connectivity index is 1.78. The van der Waals surface area contributed by atoms with E-state index in [4.69, 9.17) is 9.47 Å². The number of benzene rings is 2. The lowest BCUT2D eigenvalue weighted by atomic mass is 10.1. The number of hydrogen-bond donors (Lipinski definition) is 1. The first-order chi connectivity index (χ1) is 14.3. The number of sulfone groups is 1. The van der Waals surface area contributed by atoms with Gasteiger partial charge in [0, 0.05) is 11.8 Å². The van der Waals surface area contributed by atoms with E-state index in [0.717, 1.165) is 5.56 Å². The van der Waals surface area contributed by atoms with Gasteiger partial charge in [0.2, 0.25) is 5.95 Å². The maximum atomic E-state index is 13.4. The van der Waals surface area contributed by atoms with Crippen LogP contribution in [0.15, 0.2) is 36.4 Å². The van der Waals surface area contributed by atoms with E-state index < -0.39 is 15.9 Å². The normalized spacial score (nSPS) is 17.3. The molecule has 0 bridgehead atoms. The van der Waals surface area contributed by atoms with E-state index in [2.05, 4.69) is 15.5 Å². The van der Waals surface area contributed by atoms with Crippen molar-refractivity contribution in [1.29, 1.82) is 0 Å². The number of methoxy groups -OCH3 is 2. The number of aryl methyl sites for hydroxylation is 1. The SMILES string of the molecule is COc1cc(C)c(Nc2nnc3n2C(c2ccc(F)cc2)CS(=O)(=O)C3)cc1OC. The third-order valence-corrected chi connectivity index (χ3v) is 6.59. The summed E-state index contributed by atoms with van der Waals surface area (Å²) in [7, 11) is -0.263. The van der Waals surface area contributed by atoms with Crippen LogP contribution >= 0.6 is 0 Å². The fourth-order valence-corrected chi connectivity index (χ4v) is 5.10. The second-order valence-electron chi connectivity index (χ2n) is 7.08. The van der Waals surface area contributed by atoms with Gasteiger partial charge >= 0.3 is 0 Å². The summed E-state index contributed by atoms with van der Waals surface area (Å²) in [6.07, 6.45) is 0. The fourth-order valence-electron chi connectivity index (χ4n) is 3.57. The Bertz CT molecular complexity index is 1190. The third-order valence-electron chi connectivity index (χ3n) is 5.07. The molecule has 0 spiro atoms. The monoisotopic (exact) mass is 432 g/mol. The van der Waals surface area contributed by atoms with E-state index in [1.165, 1.54) is 12.1 Å². The summed E-state index contributed by atoms with van der Waals surface area (Å²) >= 11 is 0. The molecule has 1 atom stereocenters. The largest absolute Gasteiger partial charge is 0.493 e. The average Bonchev–Trinajstić information content (AvgIpc) is 3.10. The van der Waals surface area contributed by atoms with Gasteiger partial charge in [-0.05, 0) is 36.2 Å². The zero-order valence-corrected chi connectivity index (χ0v) is 17.5. The van der Waals surface area contributed by atoms with Crippen LogP contribution in [0.1, 0.15) is 23.0 Å². The van der Waals surface area contributed by atoms with Crippen molar-refractivity contribution in [3.63, 3.8) is 0 Å². The van der Waals surface area contributed by atoms with Crippen molar-refractivity contribution in [3.05, 3.63) is 59.2 Å². The van der Waals surface area contributed by atoms with E-state index in [-0.39, 0.29) is 17.3 Å². The molecule has 0 saturated carbocycles. The van der Waals surface area contributed by atoms with Gasteiger partial charge in [-0.25, -0.2) is 12.8 Å². The van der Waals surface area contributed by atoms with E-state index in [0.29, 0.717) is 34.5 Å². The van der Waals surface area contributed by atoms with Crippen LogP contribution in [0.3, 0.4) is 0 Å². The van der Waals surface area contributed by atoms with Crippen molar-refractivity contribution in [2.45, 2.75) is 18.7 Å². The van der Waals surface area contributed by atoms with Gasteiger partial charge in [-0.15, -0.1) is 10.2 Å². The van der Waals surface area contributed by atoms with Crippen LogP contribution in [0, 0.1) is 12.7 Å². The van der Waals surface area contributed by atoms with Crippen molar-refractivity contribution < 1.29 is 22.3 Å². The van der Waals surface area contributed by atoms with Crippen molar-refractivity contribution in [2.75, 3.05) is 25.3 Å². The fraction of sp³-hybridized carbons (Fsp3) is 0.300. The Morgan fingerprint density at radius 3 is 2.43 bits per heavy atom. The number of fused-ring (bicyclic) bond motifs is 1. The quantitative estimate of drug-likeness (QED) is 0.662. The highest BCUT2D eigenvalue weighted by Gasteiger charge is 2.34. The smallest absolute Gasteiger partial charge is 0.229 e. The van der Waals surface area contributed by atoms with Gasteiger partial charge < -0.3 is 14.8 Å². The molecule has 0 amide bonds. The topological polar surface area (TPSA) is 95.3 Å². The standard InChI is InChI=1S/C20H21FN4O4S/c1-12-8-17(28-2)18(29-3)9-15(12)22-20-24-23-19-11-30(26,27)10-16(25(19)20)13-4-6-14(21)7-5-13/h4-9,16H,10-11H2,1-3H3,(H,22,24). The number of rotatable bonds is 5. The number of nitrogens with one attached hydrogen (secondary N) is 1. The van der Waals surface area contributed by atoms with Gasteiger partial charge in [0.25, 0.3) is 0 Å². The molecule has 1 aliphatic heterocycles. The van der Waals surface area contributed by atoms with Crippen LogP contribution in [0.5, 0.6) is 11.5 Å². The molecule has 2 heterocycles. The van der Waals surface area contributed by atoms with Crippen LogP contribution in [0.4, 0.5) is 16.0 Å². The summed E-state index contributed by atoms with van der Waals surface area (Å²) in [6.45, 7) is 1.90. The second kappa shape index (κ2) is 7.60. The third kappa shape index (κ3) is 3.70. The van der Waals surface area contributed by atoms with Crippen LogP contribution < -0.4 is 14.8 Å². The molecule has 1 aromatic heterocycles. The Morgan fingerprint density at radius 1 is 1.10 bits per heavy atom. The Kier molecular flexibility index (Phi) is 5.10. The lowest BCUT2D eigenvalue weighted by Gasteiger charge is -2.27. The van der Waals surface area contributed by atoms with Crippen LogP contribution in [0.2, 0.25) is 0 Å². The average molecular weight is 432 g/mol. The van der Waals surface area contributed by atoms with E-state index >= 15 is 0 Å². The highest BCUT2D eigenvalue weighted by molar-refractivity contribution is 7.90. The second-order valence-corrected chi connectivity index (χ2v) is 9.19. The van der Waals surface area contributed by atoms with E-state index in [9.17, 15) is 12.8 Å². The first kappa shape index (κ1) is 20.1. The Morgan fingerprint density at radius 2 is 1.77 bits per heavy atom. The number of ether oxygens (including phenoxy) is 2. The summed E-state index contributed by atoms with van der Waals surface area (Å²) in [5.74, 6) is 1.15. The number of halogens is 1. The molecule has 8 nitrogen and oxygen atoms in total. The number of nitrogens with zero attached hydrogens (tertiary/aromatic N) is 3. The molecule has 4 rings (SSSR count). The summed E-state index contributed by atoms with van der Waals surface area (Å²) in [6, 6.07) is 8.82. The zero-order chi connectivity index (χ0) is 21.5. The molecule has 10 heteroatoms. The molecule has 0 aliphatic carbocycles. The number of anilines is 2. The van der Waals surface area contributed by atoms with Gasteiger partial charge in [0.1, 0.15) is 17.4 Å². The summed E-state index contributed by atoms with van der Waals surface area (Å²) in [4.78, 5) is 0. The molecule has 1 unspecified atom stereocenters. The predicted octanol–water partition coefficient (Wildman–Crippen LogP) is 3.00. The van der Waals surface area contributed by atoms with Crippen LogP contribution in [-0.2, 0) is 15.6 Å². The van der Waals surface area contributed by atoms with Gasteiger partial charge in [0.05, 0.1) is 26.0 Å². The first-order valence-corrected chi connectivity index (χ1v) is 11.0. The lowest BCUT2D eigenvalue weighted by Crippen LogP contribution is -2.30. The lowest BCUT2D eigenvalue weighted by molar-refractivity contribution is 0.355. The molecule has 1 aliphatic rings. The van der Waals surface area contributed by atoms with Gasteiger partial charge in [-0.1, -0.05) is 12.1 Å². The minimum Gasteiger partial charge on any atom is -0.493 e. The maximum absolute atomic E-state index is 13.4. The van der Waals surface area contributed by atoms with E-state index in [1.54, 1.807) is 37.0 Å². The van der Waals surface area contributed by atoms with Crippen LogP contribution in [0.25, 0.3) is 0 Å². The molecular formula is C20H21FN4O4S. The van der Waals surface area contributed by atoms with Gasteiger partial charge in [0.15, 0.2) is 21.3 Å². The van der Waals surface area contributed by atoms with Crippen molar-refractivity contribution in [1.82, 2.24) is 14.8 Å². The van der Waals surface area contributed by atoms with Crippen molar-refractivity contribution in [2.24, 2.45) is 0 Å². The summed E-state index contributed by atoms with van der Waals surface area (Å²) < 4.78 is 50.7. The first-order valence-electron chi connectivity index (χ1n) is 9.20. The maximum Gasteiger partial charge on any atom is 0.229 e. The molecule has 2 aromatic carbocycles. The van der Waals surface area contributed by atoms with Gasteiger partial charge in [-0.3, -0.25) is 4.57 Å². The number of aromatic nitrogens is 3. The van der Waals surface area contributed by atoms with E-state index in [1.807, 2.05) is 13.0 Å². The molecule has 158 valence electrons. The number of hydrogen-bond acceptors (Lipinski definition) is 7. The molecule has 0 fully saturated rings. The van der Waals surface area contributed by atoms with Gasteiger partial charge in [-0.2, -0.15) is 0 Å². The van der Waals surface area contributed by atoms with Crippen LogP contribution in [-0.4, -0.2) is 43.2 Å². The summed E-state index contributed by atoms with van der Waals surface area (Å²) in [5.41, 5.74) is 2.26. The highest BCUT2D eigenvalue weighted by Crippen LogP contribution is 2.36. The highest BCUT2D eigenvalue weighted by atomic mass is 32.2. The molecule has 0 radical (unpaired) electrons. The Hall–Kier alpha value is -3.14. The van der Waals surface area contributed by atoms with Crippen molar-refractivity contribution in [3.8, 4) is 11.5 Å². The molecule has 1 N–H and O–H groups in total. The van der Waals surface area contributed by atoms with Crippen molar-refractivity contribution >= 4 is 21.5 Å². The zero-order valence-electron chi connectivity index (χ0n) is 16.7. The molecule has 0 saturated heterocycles.